The minimum atomic E-state index is -0.897. The van der Waals surface area contributed by atoms with E-state index in [0.29, 0.717) is 17.9 Å². The lowest BCUT2D eigenvalue weighted by molar-refractivity contribution is -0.139. The van der Waals surface area contributed by atoms with E-state index in [2.05, 4.69) is 10.3 Å². The van der Waals surface area contributed by atoms with Gasteiger partial charge >= 0.3 is 5.97 Å². The summed E-state index contributed by atoms with van der Waals surface area (Å²) in [5.74, 6) is -1.40. The van der Waals surface area contributed by atoms with E-state index in [1.807, 2.05) is 13.8 Å². The standard InChI is InChI=1S/C14H16ClFN4O2/c1-9(2)19(8-14(21)22)6-10-7-20(18-17-10)11-3-4-13(16)12(15)5-11/h3-5,7,9H,6,8H2,1-2H3,(H,21,22). The lowest BCUT2D eigenvalue weighted by Gasteiger charge is -2.22. The molecule has 22 heavy (non-hydrogen) atoms. The Kier molecular flexibility index (Phi) is 5.10. The second-order valence-electron chi connectivity index (χ2n) is 5.15. The Labute approximate surface area is 132 Å². The summed E-state index contributed by atoms with van der Waals surface area (Å²) in [6, 6.07) is 4.30. The SMILES string of the molecule is CC(C)N(CC(=O)O)Cc1cn(-c2ccc(F)c(Cl)c2)nn1. The van der Waals surface area contributed by atoms with E-state index in [0.717, 1.165) is 0 Å². The highest BCUT2D eigenvalue weighted by molar-refractivity contribution is 6.30. The number of rotatable bonds is 6. The molecule has 0 saturated carbocycles. The van der Waals surface area contributed by atoms with Crippen LogP contribution in [0.2, 0.25) is 5.02 Å². The lowest BCUT2D eigenvalue weighted by atomic mass is 10.3. The summed E-state index contributed by atoms with van der Waals surface area (Å²) in [7, 11) is 0. The molecular formula is C14H16ClFN4O2. The zero-order chi connectivity index (χ0) is 16.3. The van der Waals surface area contributed by atoms with Gasteiger partial charge in [0.15, 0.2) is 0 Å². The third-order valence-electron chi connectivity index (χ3n) is 3.14. The van der Waals surface area contributed by atoms with Gasteiger partial charge in [-0.2, -0.15) is 0 Å². The molecule has 1 aromatic carbocycles. The Balaban J connectivity index is 2.16. The lowest BCUT2D eigenvalue weighted by Crippen LogP contribution is -2.35. The highest BCUT2D eigenvalue weighted by Gasteiger charge is 2.16. The maximum Gasteiger partial charge on any atom is 0.317 e. The Hall–Kier alpha value is -1.99. The van der Waals surface area contributed by atoms with Crippen molar-refractivity contribution in [3.63, 3.8) is 0 Å². The number of nitrogens with zero attached hydrogens (tertiary/aromatic N) is 4. The third kappa shape index (κ3) is 4.02. The summed E-state index contributed by atoms with van der Waals surface area (Å²) in [5, 5.41) is 16.9. The first-order valence-corrected chi connectivity index (χ1v) is 7.07. The highest BCUT2D eigenvalue weighted by atomic mass is 35.5. The number of carbonyl (C=O) groups is 1. The van der Waals surface area contributed by atoms with Crippen LogP contribution in [0.3, 0.4) is 0 Å². The van der Waals surface area contributed by atoms with Crippen LogP contribution >= 0.6 is 11.6 Å². The van der Waals surface area contributed by atoms with Gasteiger partial charge in [0.1, 0.15) is 5.82 Å². The van der Waals surface area contributed by atoms with Gasteiger partial charge in [-0.25, -0.2) is 9.07 Å². The highest BCUT2D eigenvalue weighted by Crippen LogP contribution is 2.18. The van der Waals surface area contributed by atoms with Gasteiger partial charge in [0.25, 0.3) is 0 Å². The van der Waals surface area contributed by atoms with Gasteiger partial charge in [-0.1, -0.05) is 16.8 Å². The van der Waals surface area contributed by atoms with Crippen molar-refractivity contribution in [3.05, 3.63) is 40.9 Å². The molecule has 0 aliphatic carbocycles. The fraction of sp³-hybridized carbons (Fsp3) is 0.357. The number of aliphatic carboxylic acids is 1. The minimum Gasteiger partial charge on any atom is -0.480 e. The molecule has 0 radical (unpaired) electrons. The molecule has 2 aromatic rings. The molecular weight excluding hydrogens is 311 g/mol. The van der Waals surface area contributed by atoms with Crippen molar-refractivity contribution in [2.45, 2.75) is 26.4 Å². The number of hydrogen-bond acceptors (Lipinski definition) is 4. The zero-order valence-corrected chi connectivity index (χ0v) is 13.0. The van der Waals surface area contributed by atoms with E-state index in [-0.39, 0.29) is 17.6 Å². The van der Waals surface area contributed by atoms with Crippen LogP contribution < -0.4 is 0 Å². The maximum absolute atomic E-state index is 13.2. The molecule has 1 heterocycles. The van der Waals surface area contributed by atoms with Crippen molar-refractivity contribution in [2.75, 3.05) is 6.54 Å². The molecule has 0 spiro atoms. The van der Waals surface area contributed by atoms with Crippen molar-refractivity contribution in [1.82, 2.24) is 19.9 Å². The summed E-state index contributed by atoms with van der Waals surface area (Å²) in [6.45, 7) is 4.10. The molecule has 118 valence electrons. The van der Waals surface area contributed by atoms with Crippen molar-refractivity contribution in [3.8, 4) is 5.69 Å². The molecule has 0 unspecified atom stereocenters. The normalized spacial score (nSPS) is 11.4. The van der Waals surface area contributed by atoms with Crippen molar-refractivity contribution < 1.29 is 14.3 Å². The number of hydrogen-bond donors (Lipinski definition) is 1. The van der Waals surface area contributed by atoms with Gasteiger partial charge in [-0.15, -0.1) is 5.10 Å². The molecule has 1 N–H and O–H groups in total. The van der Waals surface area contributed by atoms with E-state index in [1.165, 1.54) is 22.9 Å². The molecule has 0 bridgehead atoms. The monoisotopic (exact) mass is 326 g/mol. The first kappa shape index (κ1) is 16.4. The van der Waals surface area contributed by atoms with Crippen LogP contribution in [-0.2, 0) is 11.3 Å². The first-order valence-electron chi connectivity index (χ1n) is 6.69. The Morgan fingerprint density at radius 1 is 1.50 bits per heavy atom. The van der Waals surface area contributed by atoms with Gasteiger partial charge in [-0.05, 0) is 32.0 Å². The quantitative estimate of drug-likeness (QED) is 0.882. The van der Waals surface area contributed by atoms with Crippen LogP contribution in [-0.4, -0.2) is 43.6 Å². The largest absolute Gasteiger partial charge is 0.480 e. The minimum absolute atomic E-state index is 0.00392. The predicted molar refractivity (Wildman–Crippen MR) is 79.5 cm³/mol. The summed E-state index contributed by atoms with van der Waals surface area (Å²) in [6.07, 6.45) is 1.67. The van der Waals surface area contributed by atoms with E-state index >= 15 is 0 Å². The van der Waals surface area contributed by atoms with Crippen molar-refractivity contribution >= 4 is 17.6 Å². The second-order valence-corrected chi connectivity index (χ2v) is 5.55. The zero-order valence-electron chi connectivity index (χ0n) is 12.2. The summed E-state index contributed by atoms with van der Waals surface area (Å²) in [4.78, 5) is 12.6. The fourth-order valence-electron chi connectivity index (χ4n) is 1.93. The van der Waals surface area contributed by atoms with E-state index in [1.54, 1.807) is 11.1 Å². The molecule has 0 fully saturated rings. The van der Waals surface area contributed by atoms with Crippen molar-refractivity contribution in [1.29, 1.82) is 0 Å². The number of carboxylic acids is 1. The van der Waals surface area contributed by atoms with Crippen LogP contribution in [0.25, 0.3) is 5.69 Å². The average molecular weight is 327 g/mol. The van der Waals surface area contributed by atoms with E-state index < -0.39 is 11.8 Å². The summed E-state index contributed by atoms with van der Waals surface area (Å²) in [5.41, 5.74) is 1.20. The summed E-state index contributed by atoms with van der Waals surface area (Å²) >= 11 is 5.74. The molecule has 0 amide bonds. The molecule has 6 nitrogen and oxygen atoms in total. The average Bonchev–Trinajstić information content (AvgIpc) is 2.89. The van der Waals surface area contributed by atoms with E-state index in [9.17, 15) is 9.18 Å². The Morgan fingerprint density at radius 3 is 2.82 bits per heavy atom. The number of aromatic nitrogens is 3. The number of halogens is 2. The third-order valence-corrected chi connectivity index (χ3v) is 3.43. The number of benzene rings is 1. The van der Waals surface area contributed by atoms with Gasteiger partial charge in [0.05, 0.1) is 29.1 Å². The Bertz CT molecular complexity index is 675. The molecule has 0 aliphatic rings. The van der Waals surface area contributed by atoms with Gasteiger partial charge in [0, 0.05) is 12.6 Å². The van der Waals surface area contributed by atoms with E-state index in [4.69, 9.17) is 16.7 Å². The molecule has 0 aliphatic heterocycles. The van der Waals surface area contributed by atoms with Crippen LogP contribution in [0.5, 0.6) is 0 Å². The second kappa shape index (κ2) is 6.85. The molecule has 2 rings (SSSR count). The smallest absolute Gasteiger partial charge is 0.317 e. The fourth-order valence-corrected chi connectivity index (χ4v) is 2.10. The number of carboxylic acid groups (broad SMARTS) is 1. The summed E-state index contributed by atoms with van der Waals surface area (Å²) < 4.78 is 14.6. The molecule has 0 saturated heterocycles. The van der Waals surface area contributed by atoms with Crippen LogP contribution in [0.15, 0.2) is 24.4 Å². The van der Waals surface area contributed by atoms with Gasteiger partial charge in [0.2, 0.25) is 0 Å². The predicted octanol–water partition coefficient (Wildman–Crippen LogP) is 2.35. The first-order chi connectivity index (χ1) is 10.4. The molecule has 1 aromatic heterocycles. The maximum atomic E-state index is 13.2. The van der Waals surface area contributed by atoms with Crippen LogP contribution in [0, 0.1) is 5.82 Å². The molecule has 0 atom stereocenters. The Morgan fingerprint density at radius 2 is 2.23 bits per heavy atom. The topological polar surface area (TPSA) is 71.2 Å². The van der Waals surface area contributed by atoms with Crippen LogP contribution in [0.4, 0.5) is 4.39 Å². The van der Waals surface area contributed by atoms with Gasteiger partial charge in [-0.3, -0.25) is 9.69 Å². The van der Waals surface area contributed by atoms with Crippen LogP contribution in [0.1, 0.15) is 19.5 Å². The molecule has 8 heteroatoms. The van der Waals surface area contributed by atoms with Crippen molar-refractivity contribution in [2.24, 2.45) is 0 Å². The van der Waals surface area contributed by atoms with Gasteiger partial charge < -0.3 is 5.11 Å².